The Morgan fingerprint density at radius 3 is 1.54 bits per heavy atom. The molecule has 0 radical (unpaired) electrons. The van der Waals surface area contributed by atoms with Crippen LogP contribution in [0, 0.1) is 0 Å². The van der Waals surface area contributed by atoms with Crippen molar-refractivity contribution in [3.63, 3.8) is 0 Å². The molecule has 388 valence electrons. The van der Waals surface area contributed by atoms with Crippen molar-refractivity contribution in [1.82, 2.24) is 18.3 Å². The maximum absolute atomic E-state index is 13.2. The van der Waals surface area contributed by atoms with Gasteiger partial charge in [0.05, 0.1) is 58.9 Å². The number of nitrogen functional groups attached to an aromatic ring is 1. The topological polar surface area (TPSA) is 191 Å². The number of carbonyl (C=O) groups excluding carboxylic acids is 5. The summed E-state index contributed by atoms with van der Waals surface area (Å²) < 4.78 is 21.9. The third-order valence-corrected chi connectivity index (χ3v) is 17.3. The highest BCUT2D eigenvalue weighted by molar-refractivity contribution is 7.14. The van der Waals surface area contributed by atoms with Gasteiger partial charge in [0.1, 0.15) is 5.69 Å². The zero-order valence-corrected chi connectivity index (χ0v) is 45.3. The van der Waals surface area contributed by atoms with E-state index in [1.807, 2.05) is 177 Å². The molecule has 81 heavy (non-hydrogen) atoms. The molecule has 0 atom stereocenters. The van der Waals surface area contributed by atoms with Gasteiger partial charge in [0.15, 0.2) is 28.7 Å². The highest BCUT2D eigenvalue weighted by Gasteiger charge is 2.33. The summed E-state index contributed by atoms with van der Waals surface area (Å²) in [5.41, 5.74) is 21.5. The minimum atomic E-state index is -0.238. The molecule has 4 aromatic heterocycles. The largest absolute Gasteiger partial charge is 0.398 e. The van der Waals surface area contributed by atoms with Gasteiger partial charge < -0.3 is 20.5 Å². The van der Waals surface area contributed by atoms with Crippen LogP contribution in [0.4, 0.5) is 17.1 Å². The minimum absolute atomic E-state index is 0.00130. The lowest BCUT2D eigenvalue weighted by atomic mass is 9.86. The highest BCUT2D eigenvalue weighted by atomic mass is 32.1. The summed E-state index contributed by atoms with van der Waals surface area (Å²) in [6, 6.07) is 56.2. The molecule has 13 aromatic rings. The van der Waals surface area contributed by atoms with Gasteiger partial charge in [-0.25, -0.2) is 0 Å². The van der Waals surface area contributed by atoms with Crippen LogP contribution in [-0.2, 0) is 0 Å². The smallest absolute Gasteiger partial charge is 0.255 e. The van der Waals surface area contributed by atoms with Gasteiger partial charge in [0.25, 0.3) is 5.91 Å². The van der Waals surface area contributed by atoms with Crippen LogP contribution in [0.25, 0.3) is 86.3 Å². The van der Waals surface area contributed by atoms with Gasteiger partial charge in [0.2, 0.25) is 0 Å². The van der Waals surface area contributed by atoms with E-state index in [1.54, 1.807) is 24.3 Å². The van der Waals surface area contributed by atoms with E-state index in [0.29, 0.717) is 55.9 Å². The Hall–Kier alpha value is -10.1. The first-order chi connectivity index (χ1) is 39.5. The summed E-state index contributed by atoms with van der Waals surface area (Å²) in [6.07, 6.45) is 0. The fourth-order valence-electron chi connectivity index (χ4n) is 11.1. The van der Waals surface area contributed by atoms with Crippen LogP contribution in [-0.4, -0.2) is 61.4 Å². The van der Waals surface area contributed by atoms with Crippen molar-refractivity contribution in [1.29, 1.82) is 0 Å². The normalized spacial score (nSPS) is 12.5. The Morgan fingerprint density at radius 1 is 0.432 bits per heavy atom. The number of rotatable bonds is 3. The standard InChI is InChI=1S/C21H12N2O2S.C16H12N2OS.C14H8N2OS.C14H7NO2/c24-20-14-9-5-4-8-13(14)19-18-16(26-23-19)11-10-15(17(18)20)22-21(25)12-6-2-1-3-7-12;1-18(2)11-7-3-5-9-13(11)16(19)10-6-4-8-12-14(10)15(9)17-20-12;15-9-5-6-10-12-11(9)14(17)8-4-2-1-3-7(8)13(12)16-18-10;16-14-9-5-2-1-4-8(9)13-12-10(14)6-3-7-11(12)17-15-13/h1-11H,(H,22,25);3-8H,1-2H3;1-6H,15H2;1-7H. The number of hydrogen-bond acceptors (Lipinski definition) is 15. The van der Waals surface area contributed by atoms with E-state index in [2.05, 4.69) is 23.6 Å². The third-order valence-electron chi connectivity index (χ3n) is 14.8. The van der Waals surface area contributed by atoms with E-state index in [4.69, 9.17) is 10.3 Å². The van der Waals surface area contributed by atoms with Crippen molar-refractivity contribution in [2.24, 2.45) is 0 Å². The van der Waals surface area contributed by atoms with Gasteiger partial charge in [-0.15, -0.1) is 0 Å². The molecule has 1 amide bonds. The molecule has 13 nitrogen and oxygen atoms in total. The third kappa shape index (κ3) is 7.82. The minimum Gasteiger partial charge on any atom is -0.398 e. The Bertz CT molecular complexity index is 4860. The Kier molecular flexibility index (Phi) is 11.7. The molecule has 4 aliphatic rings. The maximum Gasteiger partial charge on any atom is 0.255 e. The van der Waals surface area contributed by atoms with Crippen LogP contribution < -0.4 is 16.0 Å². The van der Waals surface area contributed by atoms with Crippen LogP contribution in [0.2, 0.25) is 0 Å². The number of amides is 1. The van der Waals surface area contributed by atoms with Crippen molar-refractivity contribution in [2.45, 2.75) is 0 Å². The summed E-state index contributed by atoms with van der Waals surface area (Å²) in [7, 11) is 3.92. The van der Waals surface area contributed by atoms with Gasteiger partial charge in [-0.3, -0.25) is 24.0 Å². The van der Waals surface area contributed by atoms with Gasteiger partial charge in [-0.05, 0) is 89.2 Å². The predicted octanol–water partition coefficient (Wildman–Crippen LogP) is 14.5. The molecule has 0 spiro atoms. The van der Waals surface area contributed by atoms with E-state index >= 15 is 0 Å². The van der Waals surface area contributed by atoms with Crippen molar-refractivity contribution >= 4 is 122 Å². The van der Waals surface area contributed by atoms with Gasteiger partial charge in [-0.2, -0.15) is 13.1 Å². The molecule has 9 aromatic carbocycles. The predicted molar refractivity (Wildman–Crippen MR) is 321 cm³/mol. The van der Waals surface area contributed by atoms with Crippen molar-refractivity contribution < 1.29 is 28.5 Å². The SMILES string of the molecule is CN(C)c1cccc2c1C(=O)c1cccc3snc-2c13.Nc1ccc2snc3c2c1C(=O)c1ccccc1-3.O=C(Nc1ccc2snc3c2c1C(=O)c1ccccc1-3)c1ccccc1.O=C1c2ccccc2-c2noc3cccc1c23. The summed E-state index contributed by atoms with van der Waals surface area (Å²) in [5, 5.41) is 10.5. The molecule has 16 heteroatoms. The Balaban J connectivity index is 0.0000000983. The fourth-order valence-corrected chi connectivity index (χ4v) is 13.5. The first-order valence-corrected chi connectivity index (χ1v) is 27.9. The Morgan fingerprint density at radius 2 is 0.901 bits per heavy atom. The number of ketones is 4. The number of benzene rings is 9. The molecule has 0 saturated carbocycles. The molecule has 0 bridgehead atoms. The number of anilines is 3. The summed E-state index contributed by atoms with van der Waals surface area (Å²) in [5.74, 6) is -0.175. The summed E-state index contributed by atoms with van der Waals surface area (Å²) in [6.45, 7) is 0. The van der Waals surface area contributed by atoms with Crippen molar-refractivity contribution in [3.05, 3.63) is 232 Å². The molecular weight excluding hydrogens is 1070 g/mol. The van der Waals surface area contributed by atoms with E-state index in [1.165, 1.54) is 34.6 Å². The monoisotopic (exact) mass is 1110 g/mol. The summed E-state index contributed by atoms with van der Waals surface area (Å²) >= 11 is 4.23. The molecule has 4 aliphatic carbocycles. The van der Waals surface area contributed by atoms with Gasteiger partial charge in [-0.1, -0.05) is 133 Å². The molecule has 0 unspecified atom stereocenters. The van der Waals surface area contributed by atoms with Crippen LogP contribution in [0.5, 0.6) is 0 Å². The number of nitrogens with one attached hydrogen (secondary N) is 1. The van der Waals surface area contributed by atoms with E-state index in [-0.39, 0.29) is 29.0 Å². The second-order valence-electron chi connectivity index (χ2n) is 19.6. The molecule has 0 fully saturated rings. The average molecular weight is 1110 g/mol. The number of carbonyl (C=O) groups is 5. The Labute approximate surface area is 473 Å². The first kappa shape index (κ1) is 49.2. The first-order valence-electron chi connectivity index (χ1n) is 25.6. The molecule has 17 rings (SSSR count). The second kappa shape index (κ2) is 19.3. The van der Waals surface area contributed by atoms with E-state index < -0.39 is 0 Å². The number of nitrogens with two attached hydrogens (primary N) is 1. The highest BCUT2D eigenvalue weighted by Crippen LogP contribution is 2.46. The molecule has 3 N–H and O–H groups in total. The lowest BCUT2D eigenvalue weighted by Crippen LogP contribution is -2.17. The average Bonchev–Trinajstić information content (AvgIpc) is 4.53. The fraction of sp³-hybridized carbons (Fsp3) is 0.0308. The van der Waals surface area contributed by atoms with Gasteiger partial charge >= 0.3 is 0 Å². The van der Waals surface area contributed by atoms with E-state index in [0.717, 1.165) is 97.5 Å². The second-order valence-corrected chi connectivity index (χ2v) is 22.0. The molecule has 0 aliphatic heterocycles. The van der Waals surface area contributed by atoms with Gasteiger partial charge in [0, 0.05) is 97.3 Å². The maximum atomic E-state index is 13.2. The van der Waals surface area contributed by atoms with Crippen LogP contribution in [0.15, 0.2) is 187 Å². The van der Waals surface area contributed by atoms with Crippen LogP contribution in [0.3, 0.4) is 0 Å². The number of fused-ring (bicyclic) bond motifs is 8. The summed E-state index contributed by atoms with van der Waals surface area (Å²) in [4.78, 5) is 65.4. The quantitative estimate of drug-likeness (QED) is 0.159. The van der Waals surface area contributed by atoms with Crippen molar-refractivity contribution in [3.8, 4) is 45.0 Å². The zero-order valence-electron chi connectivity index (χ0n) is 42.8. The molecule has 4 heterocycles. The lowest BCUT2D eigenvalue weighted by molar-refractivity contribution is 0.102. The number of hydrogen-bond donors (Lipinski definition) is 2. The van der Waals surface area contributed by atoms with Crippen LogP contribution in [0.1, 0.15) is 74.0 Å². The lowest BCUT2D eigenvalue weighted by Gasteiger charge is -2.22. The molecule has 0 saturated heterocycles. The number of aromatic nitrogens is 4. The van der Waals surface area contributed by atoms with Crippen LogP contribution >= 0.6 is 34.6 Å². The number of nitrogens with zero attached hydrogens (tertiary/aromatic N) is 5. The van der Waals surface area contributed by atoms with E-state index in [9.17, 15) is 24.0 Å². The molecular formula is C65H39N7O6S3. The van der Waals surface area contributed by atoms with Crippen molar-refractivity contribution in [2.75, 3.05) is 30.0 Å². The zero-order chi connectivity index (χ0) is 55.2.